The first-order chi connectivity index (χ1) is 15.9. The van der Waals surface area contributed by atoms with E-state index in [4.69, 9.17) is 30.2 Å². The molecule has 0 saturated carbocycles. The minimum Gasteiger partial charge on any atom is -0.503 e. The van der Waals surface area contributed by atoms with Crippen molar-refractivity contribution in [3.63, 3.8) is 0 Å². The average molecular weight is 472 g/mol. The molecule has 0 aliphatic carbocycles. The zero-order valence-corrected chi connectivity index (χ0v) is 19.0. The number of benzene rings is 2. The predicted molar refractivity (Wildman–Crippen MR) is 121 cm³/mol. The number of fused-ring (bicyclic) bond motifs is 1. The molecule has 33 heavy (non-hydrogen) atoms. The lowest BCUT2D eigenvalue weighted by molar-refractivity contribution is -0.130. The number of ketones is 1. The molecule has 1 aromatic heterocycles. The highest BCUT2D eigenvalue weighted by Gasteiger charge is 2.44. The molecule has 0 radical (unpaired) electrons. The number of amides is 1. The summed E-state index contributed by atoms with van der Waals surface area (Å²) < 4.78 is 21.4. The standard InChI is InChI=1S/C24H22ClNO7/c1-30-9-8-26-20(13-4-6-16(31-2)7-5-13)19(22(28)24(26)29)21(27)17-11-14-10-15(25)12-18(32-3)23(14)33-17/h4-7,10-12,20,28H,8-9H2,1-3H3. The highest BCUT2D eigenvalue weighted by atomic mass is 35.5. The van der Waals surface area contributed by atoms with Crippen molar-refractivity contribution in [1.29, 1.82) is 0 Å². The van der Waals surface area contributed by atoms with Gasteiger partial charge >= 0.3 is 0 Å². The number of carbonyl (C=O) groups is 2. The minimum atomic E-state index is -0.829. The van der Waals surface area contributed by atoms with E-state index in [0.717, 1.165) is 0 Å². The van der Waals surface area contributed by atoms with Gasteiger partial charge in [-0.3, -0.25) is 9.59 Å². The van der Waals surface area contributed by atoms with Crippen molar-refractivity contribution in [2.24, 2.45) is 0 Å². The van der Waals surface area contributed by atoms with Crippen molar-refractivity contribution in [3.8, 4) is 11.5 Å². The molecule has 0 saturated heterocycles. The van der Waals surface area contributed by atoms with Crippen molar-refractivity contribution < 1.29 is 33.3 Å². The van der Waals surface area contributed by atoms with Crippen LogP contribution in [-0.2, 0) is 9.53 Å². The van der Waals surface area contributed by atoms with Crippen molar-refractivity contribution >= 4 is 34.3 Å². The number of aliphatic hydroxyl groups is 1. The predicted octanol–water partition coefficient (Wildman–Crippen LogP) is 4.33. The van der Waals surface area contributed by atoms with Crippen molar-refractivity contribution in [3.05, 3.63) is 70.1 Å². The number of nitrogens with zero attached hydrogens (tertiary/aromatic N) is 1. The summed E-state index contributed by atoms with van der Waals surface area (Å²) in [6.45, 7) is 0.407. The molecule has 1 amide bonds. The lowest BCUT2D eigenvalue weighted by atomic mass is 9.95. The second kappa shape index (κ2) is 9.17. The lowest BCUT2D eigenvalue weighted by Gasteiger charge is -2.26. The Hall–Kier alpha value is -3.49. The van der Waals surface area contributed by atoms with Crippen LogP contribution < -0.4 is 9.47 Å². The quantitative estimate of drug-likeness (QED) is 0.488. The number of halogens is 1. The maximum Gasteiger partial charge on any atom is 0.290 e. The molecule has 172 valence electrons. The summed E-state index contributed by atoms with van der Waals surface area (Å²) in [5.41, 5.74) is 0.890. The van der Waals surface area contributed by atoms with Crippen LogP contribution in [0.2, 0.25) is 5.02 Å². The van der Waals surface area contributed by atoms with Gasteiger partial charge in [0.2, 0.25) is 5.78 Å². The van der Waals surface area contributed by atoms with Gasteiger partial charge in [0.15, 0.2) is 22.9 Å². The third-order valence-corrected chi connectivity index (χ3v) is 5.73. The Morgan fingerprint density at radius 2 is 1.85 bits per heavy atom. The van der Waals surface area contributed by atoms with Gasteiger partial charge in [-0.05, 0) is 29.8 Å². The van der Waals surface area contributed by atoms with Gasteiger partial charge in [-0.1, -0.05) is 23.7 Å². The smallest absolute Gasteiger partial charge is 0.290 e. The van der Waals surface area contributed by atoms with Crippen molar-refractivity contribution in [2.45, 2.75) is 6.04 Å². The van der Waals surface area contributed by atoms with Gasteiger partial charge in [-0.25, -0.2) is 0 Å². The van der Waals surface area contributed by atoms with Gasteiger partial charge in [0.05, 0.1) is 32.4 Å². The monoisotopic (exact) mass is 471 g/mol. The maximum atomic E-state index is 13.6. The fourth-order valence-electron chi connectivity index (χ4n) is 3.92. The number of furan rings is 1. The topological polar surface area (TPSA) is 98.4 Å². The Kier molecular flexibility index (Phi) is 6.31. The number of aliphatic hydroxyl groups excluding tert-OH is 1. The third kappa shape index (κ3) is 4.03. The Balaban J connectivity index is 1.81. The van der Waals surface area contributed by atoms with E-state index in [1.807, 2.05) is 0 Å². The SMILES string of the molecule is COCCN1C(=O)C(O)=C(C(=O)c2cc3cc(Cl)cc(OC)c3o2)C1c1ccc(OC)cc1. The number of hydrogen-bond donors (Lipinski definition) is 1. The zero-order valence-electron chi connectivity index (χ0n) is 18.3. The Morgan fingerprint density at radius 1 is 1.12 bits per heavy atom. The molecule has 4 rings (SSSR count). The molecular weight excluding hydrogens is 450 g/mol. The molecule has 0 bridgehead atoms. The van der Waals surface area contributed by atoms with E-state index in [-0.39, 0.29) is 24.5 Å². The summed E-state index contributed by atoms with van der Waals surface area (Å²) in [5, 5.41) is 11.7. The Morgan fingerprint density at radius 3 is 2.48 bits per heavy atom. The van der Waals surface area contributed by atoms with Crippen LogP contribution in [-0.4, -0.2) is 56.2 Å². The van der Waals surface area contributed by atoms with E-state index < -0.39 is 23.5 Å². The summed E-state index contributed by atoms with van der Waals surface area (Å²) in [6.07, 6.45) is 0. The zero-order chi connectivity index (χ0) is 23.7. The molecule has 1 aliphatic rings. The maximum absolute atomic E-state index is 13.6. The molecule has 0 fully saturated rings. The van der Waals surface area contributed by atoms with Crippen molar-refractivity contribution in [2.75, 3.05) is 34.5 Å². The van der Waals surface area contributed by atoms with Crippen LogP contribution in [0.3, 0.4) is 0 Å². The second-order valence-electron chi connectivity index (χ2n) is 7.40. The largest absolute Gasteiger partial charge is 0.503 e. The van der Waals surface area contributed by atoms with E-state index in [2.05, 4.69) is 0 Å². The highest BCUT2D eigenvalue weighted by Crippen LogP contribution is 2.41. The Bertz CT molecular complexity index is 1250. The minimum absolute atomic E-state index is 0.0491. The molecule has 2 heterocycles. The van der Waals surface area contributed by atoms with E-state index >= 15 is 0 Å². The van der Waals surface area contributed by atoms with E-state index in [9.17, 15) is 14.7 Å². The van der Waals surface area contributed by atoms with Gasteiger partial charge in [0, 0.05) is 30.1 Å². The van der Waals surface area contributed by atoms with Crippen molar-refractivity contribution in [1.82, 2.24) is 4.90 Å². The van der Waals surface area contributed by atoms with Crippen LogP contribution in [0, 0.1) is 0 Å². The van der Waals surface area contributed by atoms with Gasteiger partial charge in [-0.2, -0.15) is 0 Å². The summed E-state index contributed by atoms with van der Waals surface area (Å²) >= 11 is 6.13. The molecular formula is C24H22ClNO7. The summed E-state index contributed by atoms with van der Waals surface area (Å²) in [5.74, 6) is -0.960. The number of Topliss-reactive ketones (excluding diaryl/α,β-unsaturated/α-hetero) is 1. The van der Waals surface area contributed by atoms with Crippen LogP contribution in [0.5, 0.6) is 11.5 Å². The molecule has 0 spiro atoms. The highest BCUT2D eigenvalue weighted by molar-refractivity contribution is 6.31. The lowest BCUT2D eigenvalue weighted by Crippen LogP contribution is -2.33. The molecule has 1 unspecified atom stereocenters. The van der Waals surface area contributed by atoms with Crippen LogP contribution >= 0.6 is 11.6 Å². The summed E-state index contributed by atoms with van der Waals surface area (Å²) in [7, 11) is 4.52. The fraction of sp³-hybridized carbons (Fsp3) is 0.250. The van der Waals surface area contributed by atoms with Gasteiger partial charge in [-0.15, -0.1) is 0 Å². The Labute approximate surface area is 194 Å². The second-order valence-corrected chi connectivity index (χ2v) is 7.83. The van der Waals surface area contributed by atoms with Gasteiger partial charge in [0.1, 0.15) is 5.75 Å². The number of methoxy groups -OCH3 is 3. The number of hydrogen-bond acceptors (Lipinski definition) is 7. The average Bonchev–Trinajstić information content (AvgIpc) is 3.36. The van der Waals surface area contributed by atoms with E-state index in [1.165, 1.54) is 25.2 Å². The first-order valence-corrected chi connectivity index (χ1v) is 10.5. The number of rotatable bonds is 8. The first kappa shape index (κ1) is 22.7. The summed E-state index contributed by atoms with van der Waals surface area (Å²) in [6, 6.07) is 10.8. The molecule has 2 aromatic carbocycles. The molecule has 3 aromatic rings. The molecule has 1 atom stereocenters. The van der Waals surface area contributed by atoms with E-state index in [0.29, 0.717) is 33.1 Å². The number of ether oxygens (including phenoxy) is 3. The van der Waals surface area contributed by atoms with Crippen LogP contribution in [0.15, 0.2) is 58.2 Å². The van der Waals surface area contributed by atoms with Gasteiger partial charge < -0.3 is 28.6 Å². The normalized spacial score (nSPS) is 16.1. The molecule has 9 heteroatoms. The third-order valence-electron chi connectivity index (χ3n) is 5.51. The summed E-state index contributed by atoms with van der Waals surface area (Å²) in [4.78, 5) is 27.9. The van der Waals surface area contributed by atoms with E-state index in [1.54, 1.807) is 43.5 Å². The fourth-order valence-corrected chi connectivity index (χ4v) is 4.14. The molecule has 8 nitrogen and oxygen atoms in total. The first-order valence-electron chi connectivity index (χ1n) is 10.1. The van der Waals surface area contributed by atoms with Crippen LogP contribution in [0.1, 0.15) is 22.2 Å². The molecule has 1 N–H and O–H groups in total. The van der Waals surface area contributed by atoms with Gasteiger partial charge in [0.25, 0.3) is 5.91 Å². The van der Waals surface area contributed by atoms with Crippen LogP contribution in [0.4, 0.5) is 0 Å². The van der Waals surface area contributed by atoms with Crippen LogP contribution in [0.25, 0.3) is 11.0 Å². The molecule has 1 aliphatic heterocycles. The number of carbonyl (C=O) groups excluding carboxylic acids is 2.